The Morgan fingerprint density at radius 2 is 0.739 bits per heavy atom. The number of thiazole rings is 1. The number of aryl methyl sites for hydroxylation is 2. The Hall–Kier alpha value is -8.19. The zero-order chi connectivity index (χ0) is 105. The van der Waals surface area contributed by atoms with Crippen LogP contribution in [-0.4, -0.2) is 241 Å². The summed E-state index contributed by atoms with van der Waals surface area (Å²) in [6.45, 7) is 46.9. The summed E-state index contributed by atoms with van der Waals surface area (Å²) >= 11 is 3.32. The standard InChI is InChI=1S/C28H37NO7.C28H37NO6S.C27H41NO7.C27H41NO6S/c1-15-8-7-11-28(6)23(36-28)13-21(18-9-10-20-19(12-18)29-17(3)34-20)35-24(31)14-22(30)27(4,5)26(33)16(2)25(15)32;1-15-8-7-11-28(6)23(35-28)13-20(18-9-10-21-19(12-18)29-17(3)36-21)34-24(31)14-22(30)27(4,5)26(33)16(2)25(15)32;1-15-9-8-10-27(7)22(35-27)12-20(16(2)11-19-14-33-18(4)28-19)34-23(30)13-21(29)26(5,6)25(32)17(3)24(15)31;1-15-9-8-10-27(7)22(34-27)12-20(16(2)11-19-14-35-18(4)28-19)33-23(30)13-21(29)26(5,6)25(32)17(3)24(15)31/h7-10,12,15-16,21-23,25,30,32H,11,13-14H2,1-6H3;7-10,12,15-16,20,22-23,25,30,32H,11,13-14H2,1-6H3;2*8-9,11,15,17,19-22,24,29,31H,10,12-14H2,1-7H3/b2*8-7+;2*9-8+,16-11+/t15-,16+,21-,22-,23?,25-,28?;15-,16+,20-,22-,23?,25-,28?;2*15-,17+,19?,20-,21-,22?,24-,27?/m0000/s1. The molecular weight excluding hydrogens is 1860 g/mol. The fourth-order valence-electron chi connectivity index (χ4n) is 20.0. The molecule has 0 saturated carbocycles. The molecule has 142 heavy (non-hydrogen) atoms. The number of nitrogens with zero attached hydrogens (tertiary/aromatic N) is 4. The van der Waals surface area contributed by atoms with Crippen LogP contribution in [0.3, 0.4) is 0 Å². The Morgan fingerprint density at radius 3 is 1.08 bits per heavy atom. The molecule has 30 nitrogen and oxygen atoms in total. The average molecular weight is 2010 g/mol. The van der Waals surface area contributed by atoms with Crippen LogP contribution in [0, 0.1) is 82.9 Å². The van der Waals surface area contributed by atoms with Gasteiger partial charge in [-0.2, -0.15) is 0 Å². The summed E-state index contributed by atoms with van der Waals surface area (Å²) in [5.41, 5.74) is -0.989. The number of oxazole rings is 1. The maximum atomic E-state index is 13.2. The molecule has 4 aromatic rings. The summed E-state index contributed by atoms with van der Waals surface area (Å²) in [5.74, 6) is -5.33. The van der Waals surface area contributed by atoms with Gasteiger partial charge in [-0.15, -0.1) is 23.1 Å². The summed E-state index contributed by atoms with van der Waals surface area (Å²) in [6.07, 6.45) is 11.5. The van der Waals surface area contributed by atoms with E-state index in [-0.39, 0.29) is 115 Å². The molecular formula is C110H156N4O26S2. The van der Waals surface area contributed by atoms with Crippen molar-refractivity contribution in [1.82, 2.24) is 9.97 Å². The summed E-state index contributed by atoms with van der Waals surface area (Å²) in [6, 6.07) is 11.3. The molecule has 10 aliphatic rings. The van der Waals surface area contributed by atoms with Crippen molar-refractivity contribution in [3.8, 4) is 0 Å². The van der Waals surface area contributed by atoms with Gasteiger partial charge in [-0.3, -0.25) is 43.3 Å². The van der Waals surface area contributed by atoms with E-state index in [1.54, 1.807) is 126 Å². The third kappa shape index (κ3) is 28.0. The monoisotopic (exact) mass is 2010 g/mol. The van der Waals surface area contributed by atoms with Crippen molar-refractivity contribution in [3.63, 3.8) is 0 Å². The number of rotatable bonds is 6. The largest absolute Gasteiger partial charge is 0.479 e. The Bertz CT molecular complexity index is 5140. The molecule has 4 saturated heterocycles. The lowest BCUT2D eigenvalue weighted by Crippen LogP contribution is -2.45. The minimum atomic E-state index is -1.27. The first-order valence-electron chi connectivity index (χ1n) is 50.3. The second-order valence-electron chi connectivity index (χ2n) is 44.6. The summed E-state index contributed by atoms with van der Waals surface area (Å²) in [4.78, 5) is 123. The van der Waals surface area contributed by atoms with Gasteiger partial charge in [0, 0.05) is 92.6 Å². The Labute approximate surface area is 844 Å². The molecule has 0 bridgehead atoms. The fraction of sp³-hybridized carbons (Fsp3) is 0.673. The number of benzene rings is 2. The molecule has 4 fully saturated rings. The molecule has 30 atom stereocenters. The van der Waals surface area contributed by atoms with E-state index >= 15 is 0 Å². The van der Waals surface area contributed by atoms with Crippen molar-refractivity contribution < 1.29 is 126 Å². The van der Waals surface area contributed by atoms with E-state index in [0.717, 1.165) is 48.3 Å². The number of thioether (sulfide) groups is 1. The molecule has 10 unspecified atom stereocenters. The molecule has 2 aromatic carbocycles. The number of aliphatic imine (C=N–C) groups is 2. The Kier molecular flexibility index (Phi) is 37.0. The van der Waals surface area contributed by atoms with Crippen LogP contribution in [0.4, 0.5) is 0 Å². The number of Topliss-reactive ketones (excluding diaryl/α,β-unsaturated/α-hetero) is 4. The van der Waals surface area contributed by atoms with Gasteiger partial charge in [0.25, 0.3) is 0 Å². The van der Waals surface area contributed by atoms with Gasteiger partial charge in [-0.1, -0.05) is 184 Å². The smallest absolute Gasteiger partial charge is 0.309 e. The van der Waals surface area contributed by atoms with Crippen LogP contribution in [0.5, 0.6) is 0 Å². The van der Waals surface area contributed by atoms with E-state index in [9.17, 15) is 79.2 Å². The molecule has 0 aliphatic carbocycles. The minimum Gasteiger partial charge on any atom is -0.479 e. The van der Waals surface area contributed by atoms with Crippen molar-refractivity contribution in [2.75, 3.05) is 12.4 Å². The Balaban J connectivity index is 0.000000181. The third-order valence-corrected chi connectivity index (χ3v) is 33.3. The predicted octanol–water partition coefficient (Wildman–Crippen LogP) is 15.9. The average Bonchev–Trinajstić information content (AvgIpc) is 1.62. The van der Waals surface area contributed by atoms with Crippen molar-refractivity contribution >= 4 is 102 Å². The number of aromatic nitrogens is 2. The number of fused-ring (bicyclic) bond motifs is 6. The maximum Gasteiger partial charge on any atom is 0.309 e. The number of hydrogen-bond acceptors (Lipinski definition) is 32. The number of esters is 4. The first-order chi connectivity index (χ1) is 66.1. The van der Waals surface area contributed by atoms with Gasteiger partial charge >= 0.3 is 23.9 Å². The second-order valence-corrected chi connectivity index (χ2v) is 47.1. The molecule has 0 amide bonds. The highest BCUT2D eigenvalue weighted by Gasteiger charge is 2.58. The van der Waals surface area contributed by atoms with E-state index in [1.807, 2.05) is 174 Å². The number of cyclic esters (lactones) is 4. The van der Waals surface area contributed by atoms with Gasteiger partial charge in [0.15, 0.2) is 17.4 Å². The first kappa shape index (κ1) is 114. The van der Waals surface area contributed by atoms with E-state index in [4.69, 9.17) is 47.0 Å². The van der Waals surface area contributed by atoms with Crippen molar-refractivity contribution in [1.29, 1.82) is 0 Å². The van der Waals surface area contributed by atoms with Gasteiger partial charge in [0.1, 0.15) is 65.7 Å². The minimum absolute atomic E-state index is 0.0463. The lowest BCUT2D eigenvalue weighted by molar-refractivity contribution is -0.158. The van der Waals surface area contributed by atoms with Crippen LogP contribution in [0.1, 0.15) is 277 Å². The summed E-state index contributed by atoms with van der Waals surface area (Å²) < 4.78 is 59.7. The van der Waals surface area contributed by atoms with E-state index < -0.39 is 159 Å². The summed E-state index contributed by atoms with van der Waals surface area (Å²) in [7, 11) is 0. The van der Waals surface area contributed by atoms with Gasteiger partial charge in [-0.05, 0) is 128 Å². The Morgan fingerprint density at radius 1 is 0.408 bits per heavy atom. The molecule has 32 heteroatoms. The molecule has 2 aromatic heterocycles. The predicted molar refractivity (Wildman–Crippen MR) is 542 cm³/mol. The molecule has 8 N–H and O–H groups in total. The number of carbonyl (C=O) groups excluding carboxylic acids is 8. The SMILES string of the molecule is CC1=NC(/C=C(\C)[C@@H]2CC3OC3(C)C/C=C/[C@H](C)[C@H](O)[C@@H](C)C(=O)C(C)(C)[C@@H](O)CC(=O)O2)CO1.CC1=NC(/C=C(\C)[C@@H]2CC3OC3(C)C/C=C/[C@H](C)[C@H](O)[C@@H](C)C(=O)C(C)(C)[C@@H](O)CC(=O)O2)CS1.Cc1nc2cc([C@@H]3CC4OC4(C)C/C=C/[C@H](C)[C@H](O)[C@@H](C)C(=O)C(C)(C)[C@@H](O)CC(=O)O3)ccc2o1.Cc1nc2cc([C@@H]3CC4OC4(C)C/C=C/[C@H](C)[C@H](O)[C@@H](C)C(=O)C(C)(C)[C@@H](O)CC(=O)O3)ccc2s1. The van der Waals surface area contributed by atoms with E-state index in [0.29, 0.717) is 80.9 Å². The van der Waals surface area contributed by atoms with Gasteiger partial charge in [0.2, 0.25) is 0 Å². The van der Waals surface area contributed by atoms with Gasteiger partial charge < -0.3 is 87.9 Å². The number of epoxide rings is 4. The van der Waals surface area contributed by atoms with Gasteiger partial charge in [0.05, 0.1) is 169 Å². The zero-order valence-corrected chi connectivity index (χ0v) is 89.3. The van der Waals surface area contributed by atoms with Crippen LogP contribution in [0.25, 0.3) is 21.3 Å². The number of carbonyl (C=O) groups is 8. The summed E-state index contributed by atoms with van der Waals surface area (Å²) in [5, 5.41) is 88.7. The number of ether oxygens (including phenoxy) is 9. The molecule has 0 radical (unpaired) electrons. The molecule has 14 rings (SSSR count). The quantitative estimate of drug-likeness (QED) is 0.0385. The molecule has 784 valence electrons. The topological polar surface area (TPSA) is 458 Å². The van der Waals surface area contributed by atoms with E-state index in [2.05, 4.69) is 20.0 Å². The second kappa shape index (κ2) is 46.1. The van der Waals surface area contributed by atoms with Gasteiger partial charge in [-0.25, -0.2) is 15.0 Å². The first-order valence-corrected chi connectivity index (χ1v) is 52.1. The maximum absolute atomic E-state index is 13.2. The molecule has 10 aliphatic heterocycles. The van der Waals surface area contributed by atoms with Crippen molar-refractivity contribution in [2.24, 2.45) is 79.0 Å². The molecule has 0 spiro atoms. The highest BCUT2D eigenvalue weighted by atomic mass is 32.2. The van der Waals surface area contributed by atoms with Crippen molar-refractivity contribution in [3.05, 3.63) is 130 Å². The fourth-order valence-corrected chi connectivity index (χ4v) is 21.6. The number of hydrogen-bond donors (Lipinski definition) is 8. The number of aliphatic hydroxyl groups is 8. The third-order valence-electron chi connectivity index (χ3n) is 31.3. The van der Waals surface area contributed by atoms with Crippen LogP contribution < -0.4 is 0 Å². The lowest BCUT2D eigenvalue weighted by atomic mass is 9.73. The van der Waals surface area contributed by atoms with Crippen LogP contribution in [0.15, 0.2) is 123 Å². The number of ketones is 4. The highest BCUT2D eigenvalue weighted by molar-refractivity contribution is 8.14. The molecule has 12 heterocycles. The van der Waals surface area contributed by atoms with Crippen LogP contribution in [0.2, 0.25) is 0 Å². The van der Waals surface area contributed by atoms with E-state index in [1.165, 1.54) is 0 Å². The van der Waals surface area contributed by atoms with Crippen LogP contribution in [-0.2, 0) is 81.0 Å². The normalized spacial score (nSPS) is 39.4. The highest BCUT2D eigenvalue weighted by Crippen LogP contribution is 2.51. The number of aliphatic hydroxyl groups excluding tert-OH is 8. The van der Waals surface area contributed by atoms with Crippen LogP contribution >= 0.6 is 23.1 Å². The lowest BCUT2D eigenvalue weighted by Gasteiger charge is -2.34. The van der Waals surface area contributed by atoms with Crippen molar-refractivity contribution in [2.45, 2.75) is 389 Å². The zero-order valence-electron chi connectivity index (χ0n) is 87.7.